The summed E-state index contributed by atoms with van der Waals surface area (Å²) in [7, 11) is 4.17. The van der Waals surface area contributed by atoms with Gasteiger partial charge in [-0.25, -0.2) is 4.98 Å². The predicted molar refractivity (Wildman–Crippen MR) is 105 cm³/mol. The minimum Gasteiger partial charge on any atom is -0.371 e. The van der Waals surface area contributed by atoms with Gasteiger partial charge in [0.1, 0.15) is 11.7 Å². The molecule has 1 saturated heterocycles. The Labute approximate surface area is 168 Å². The number of anilines is 1. The summed E-state index contributed by atoms with van der Waals surface area (Å²) in [6, 6.07) is 1.79. The first-order valence-corrected chi connectivity index (χ1v) is 9.74. The monoisotopic (exact) mass is 415 g/mol. The Morgan fingerprint density at radius 3 is 2.57 bits per heavy atom. The topological polar surface area (TPSA) is 37.2 Å². The van der Waals surface area contributed by atoms with Gasteiger partial charge >= 0.3 is 6.18 Å². The van der Waals surface area contributed by atoms with Gasteiger partial charge in [-0.15, -0.1) is 0 Å². The van der Waals surface area contributed by atoms with Gasteiger partial charge in [-0.3, -0.25) is 4.68 Å². The van der Waals surface area contributed by atoms with Crippen molar-refractivity contribution in [3.05, 3.63) is 29.8 Å². The van der Waals surface area contributed by atoms with E-state index < -0.39 is 12.7 Å². The van der Waals surface area contributed by atoms with E-state index in [1.165, 1.54) is 18.8 Å². The van der Waals surface area contributed by atoms with Crippen LogP contribution in [0.3, 0.4) is 0 Å². The van der Waals surface area contributed by atoms with Crippen LogP contribution in [-0.2, 0) is 6.54 Å². The normalized spacial score (nSPS) is 16.2. The smallest absolute Gasteiger partial charge is 0.371 e. The number of hydrogen-bond donors (Lipinski definition) is 0. The third-order valence-corrected chi connectivity index (χ3v) is 5.28. The maximum Gasteiger partial charge on any atom is 0.408 e. The molecule has 0 atom stereocenters. The lowest BCUT2D eigenvalue weighted by Gasteiger charge is -2.35. The van der Waals surface area contributed by atoms with Gasteiger partial charge in [-0.05, 0) is 51.9 Å². The molecule has 0 unspecified atom stereocenters. The molecule has 0 aromatic carbocycles. The fourth-order valence-electron chi connectivity index (χ4n) is 3.58. The largest absolute Gasteiger partial charge is 0.408 e. The van der Waals surface area contributed by atoms with Crippen LogP contribution in [0.2, 0.25) is 5.15 Å². The highest BCUT2D eigenvalue weighted by atomic mass is 35.5. The molecule has 1 aliphatic rings. The second-order valence-electron chi connectivity index (χ2n) is 7.59. The number of nitrogens with zero attached hydrogens (tertiary/aromatic N) is 5. The molecule has 28 heavy (non-hydrogen) atoms. The summed E-state index contributed by atoms with van der Waals surface area (Å²) in [6.45, 7) is 1.75. The van der Waals surface area contributed by atoms with E-state index in [9.17, 15) is 13.2 Å². The van der Waals surface area contributed by atoms with Crippen molar-refractivity contribution in [2.24, 2.45) is 5.92 Å². The average molecular weight is 416 g/mol. The van der Waals surface area contributed by atoms with E-state index in [0.29, 0.717) is 16.6 Å². The number of hydrogen-bond acceptors (Lipinski definition) is 4. The molecule has 0 bridgehead atoms. The molecule has 2 aromatic heterocycles. The first kappa shape index (κ1) is 20.9. The summed E-state index contributed by atoms with van der Waals surface area (Å²) in [6.07, 6.45) is 3.51. The van der Waals surface area contributed by atoms with Crippen LogP contribution in [0, 0.1) is 5.92 Å². The summed E-state index contributed by atoms with van der Waals surface area (Å²) in [5.41, 5.74) is 2.26. The Morgan fingerprint density at radius 1 is 1.21 bits per heavy atom. The van der Waals surface area contributed by atoms with Gasteiger partial charge in [0.25, 0.3) is 0 Å². The van der Waals surface area contributed by atoms with Crippen molar-refractivity contribution >= 4 is 17.3 Å². The third kappa shape index (κ3) is 5.61. The van der Waals surface area contributed by atoms with Gasteiger partial charge < -0.3 is 9.80 Å². The van der Waals surface area contributed by atoms with Crippen LogP contribution in [-0.4, -0.2) is 59.6 Å². The van der Waals surface area contributed by atoms with Gasteiger partial charge in [0.15, 0.2) is 0 Å². The van der Waals surface area contributed by atoms with E-state index in [2.05, 4.69) is 34.0 Å². The predicted octanol–water partition coefficient (Wildman–Crippen LogP) is 4.33. The highest BCUT2D eigenvalue weighted by molar-refractivity contribution is 6.29. The van der Waals surface area contributed by atoms with Crippen molar-refractivity contribution in [2.45, 2.75) is 32.0 Å². The van der Waals surface area contributed by atoms with Crippen LogP contribution in [0.5, 0.6) is 0 Å². The first-order chi connectivity index (χ1) is 13.2. The number of alkyl halides is 3. The molecule has 1 fully saturated rings. The van der Waals surface area contributed by atoms with Gasteiger partial charge in [0, 0.05) is 42.3 Å². The molecular formula is C19H25ClF3N5. The highest BCUT2D eigenvalue weighted by Gasteiger charge is 2.29. The van der Waals surface area contributed by atoms with E-state index in [1.807, 2.05) is 0 Å². The van der Waals surface area contributed by atoms with Gasteiger partial charge in [-0.2, -0.15) is 18.3 Å². The van der Waals surface area contributed by atoms with E-state index in [1.54, 1.807) is 12.3 Å². The molecule has 3 rings (SSSR count). The Morgan fingerprint density at radius 2 is 1.93 bits per heavy atom. The van der Waals surface area contributed by atoms with Crippen LogP contribution < -0.4 is 4.90 Å². The minimum absolute atomic E-state index is 0.371. The number of rotatable bonds is 6. The summed E-state index contributed by atoms with van der Waals surface area (Å²) >= 11 is 6.12. The van der Waals surface area contributed by atoms with Crippen LogP contribution in [0.1, 0.15) is 19.3 Å². The lowest BCUT2D eigenvalue weighted by atomic mass is 9.92. The zero-order valence-corrected chi connectivity index (χ0v) is 16.8. The lowest BCUT2D eigenvalue weighted by Crippen LogP contribution is -2.35. The Kier molecular flexibility index (Phi) is 6.50. The molecule has 0 radical (unpaired) electrons. The van der Waals surface area contributed by atoms with Crippen LogP contribution >= 0.6 is 11.6 Å². The number of piperidine rings is 1. The van der Waals surface area contributed by atoms with Crippen molar-refractivity contribution in [1.29, 1.82) is 0 Å². The summed E-state index contributed by atoms with van der Waals surface area (Å²) in [4.78, 5) is 8.58. The van der Waals surface area contributed by atoms with Crippen molar-refractivity contribution in [2.75, 3.05) is 38.6 Å². The van der Waals surface area contributed by atoms with Crippen molar-refractivity contribution in [3.8, 4) is 11.1 Å². The highest BCUT2D eigenvalue weighted by Crippen LogP contribution is 2.35. The molecular weight excluding hydrogens is 391 g/mol. The Balaban J connectivity index is 1.75. The van der Waals surface area contributed by atoms with Crippen LogP contribution in [0.4, 0.5) is 18.9 Å². The molecule has 0 aliphatic carbocycles. The minimum atomic E-state index is -4.31. The van der Waals surface area contributed by atoms with Crippen LogP contribution in [0.25, 0.3) is 11.1 Å². The SMILES string of the molecule is CN(C)CCC1CCN(c2cc(Cl)ncc2-c2cnn(CC(F)(F)F)c2)CC1. The second-order valence-corrected chi connectivity index (χ2v) is 7.98. The molecule has 0 amide bonds. The second kappa shape index (κ2) is 8.69. The molecule has 3 heterocycles. The van der Waals surface area contributed by atoms with E-state index >= 15 is 0 Å². The quantitative estimate of drug-likeness (QED) is 0.658. The van der Waals surface area contributed by atoms with Crippen molar-refractivity contribution in [3.63, 3.8) is 0 Å². The van der Waals surface area contributed by atoms with Gasteiger partial charge in [-0.1, -0.05) is 11.6 Å². The van der Waals surface area contributed by atoms with Crippen molar-refractivity contribution in [1.82, 2.24) is 19.7 Å². The van der Waals surface area contributed by atoms with Crippen molar-refractivity contribution < 1.29 is 13.2 Å². The Hall–Kier alpha value is -1.80. The molecule has 9 heteroatoms. The molecule has 0 saturated carbocycles. The fraction of sp³-hybridized carbons (Fsp3) is 0.579. The van der Waals surface area contributed by atoms with Crippen LogP contribution in [0.15, 0.2) is 24.7 Å². The third-order valence-electron chi connectivity index (χ3n) is 5.07. The number of pyridine rings is 1. The number of aromatic nitrogens is 3. The van der Waals surface area contributed by atoms with E-state index in [-0.39, 0.29) is 0 Å². The van der Waals surface area contributed by atoms with Gasteiger partial charge in [0.05, 0.1) is 6.20 Å². The van der Waals surface area contributed by atoms with Gasteiger partial charge in [0.2, 0.25) is 0 Å². The molecule has 154 valence electrons. The zero-order chi connectivity index (χ0) is 20.3. The summed E-state index contributed by atoms with van der Waals surface area (Å²) in [5.74, 6) is 0.689. The number of halogens is 4. The summed E-state index contributed by atoms with van der Waals surface area (Å²) < 4.78 is 38.8. The fourth-order valence-corrected chi connectivity index (χ4v) is 3.73. The maximum atomic E-state index is 12.6. The molecule has 5 nitrogen and oxygen atoms in total. The van der Waals surface area contributed by atoms with E-state index in [0.717, 1.165) is 48.4 Å². The maximum absolute atomic E-state index is 12.6. The summed E-state index contributed by atoms with van der Waals surface area (Å²) in [5, 5.41) is 4.22. The Bertz CT molecular complexity index is 782. The molecule has 2 aromatic rings. The zero-order valence-electron chi connectivity index (χ0n) is 16.1. The standard InChI is InChI=1S/C19H25ClF3N5/c1-26(2)6-3-14-4-7-27(8-5-14)17-9-18(20)24-11-16(17)15-10-25-28(12-15)13-19(21,22)23/h9-12,14H,3-8,13H2,1-2H3. The average Bonchev–Trinajstić information content (AvgIpc) is 3.06. The molecule has 0 spiro atoms. The first-order valence-electron chi connectivity index (χ1n) is 9.36. The van der Waals surface area contributed by atoms with E-state index in [4.69, 9.17) is 11.6 Å². The molecule has 1 aliphatic heterocycles. The molecule has 0 N–H and O–H groups in total. The lowest BCUT2D eigenvalue weighted by molar-refractivity contribution is -0.142.